The number of aliphatic hydroxyl groups is 1. The van der Waals surface area contributed by atoms with Gasteiger partial charge in [0.15, 0.2) is 0 Å². The van der Waals surface area contributed by atoms with Crippen molar-refractivity contribution in [3.8, 4) is 11.3 Å². The summed E-state index contributed by atoms with van der Waals surface area (Å²) in [5.41, 5.74) is 5.46. The summed E-state index contributed by atoms with van der Waals surface area (Å²) in [5.74, 6) is -0.160. The van der Waals surface area contributed by atoms with Gasteiger partial charge in [-0.15, -0.1) is 0 Å². The first kappa shape index (κ1) is 28.8. The highest BCUT2D eigenvalue weighted by Crippen LogP contribution is 2.39. The van der Waals surface area contributed by atoms with Crippen LogP contribution in [0.1, 0.15) is 84.5 Å². The average molecular weight is 484 g/mol. The average Bonchev–Trinajstić information content (AvgIpc) is 2.73. The number of carbonyl (C=O) groups is 1. The minimum Gasteiger partial charge on any atom is -0.481 e. The Labute approximate surface area is 211 Å². The van der Waals surface area contributed by atoms with Crippen molar-refractivity contribution in [2.75, 3.05) is 18.0 Å². The van der Waals surface area contributed by atoms with E-state index in [1.807, 2.05) is 19.3 Å². The number of aliphatic carboxylic acids is 1. The SMILES string of the molecule is CC(C)(C)O.Cc1ncc(-c2ccc(CCC(C)C)cn2)c(N2CCC(C)(C)CC2)c1CC(=O)O. The first-order valence-electron chi connectivity index (χ1n) is 12.8. The first-order valence-corrected chi connectivity index (χ1v) is 12.8. The summed E-state index contributed by atoms with van der Waals surface area (Å²) in [6.07, 6.45) is 8.14. The second kappa shape index (κ2) is 12.0. The van der Waals surface area contributed by atoms with Gasteiger partial charge in [-0.05, 0) is 76.3 Å². The molecule has 0 aromatic carbocycles. The molecule has 0 saturated carbocycles. The summed E-state index contributed by atoms with van der Waals surface area (Å²) in [5, 5.41) is 18.1. The van der Waals surface area contributed by atoms with E-state index in [2.05, 4.69) is 49.7 Å². The lowest BCUT2D eigenvalue weighted by atomic mass is 9.82. The van der Waals surface area contributed by atoms with Crippen molar-refractivity contribution < 1.29 is 15.0 Å². The minimum absolute atomic E-state index is 0.0195. The second-order valence-corrected chi connectivity index (χ2v) is 12.0. The number of nitrogens with zero attached hydrogens (tertiary/aromatic N) is 3. The van der Waals surface area contributed by atoms with E-state index in [4.69, 9.17) is 10.1 Å². The van der Waals surface area contributed by atoms with Crippen LogP contribution < -0.4 is 4.90 Å². The standard InChI is InChI=1S/C25H35N3O2.C4H10O/c1-17(2)6-7-19-8-9-22(27-15-19)21-16-26-18(3)20(14-23(29)30)24(21)28-12-10-25(4,5)11-13-28;1-4(2,3)5/h8-9,15-17H,6-7,10-14H2,1-5H3,(H,29,30);5H,1-3H3. The predicted octanol–water partition coefficient (Wildman–Crippen LogP) is 6.07. The summed E-state index contributed by atoms with van der Waals surface area (Å²) >= 11 is 0. The van der Waals surface area contributed by atoms with Crippen LogP contribution in [-0.4, -0.2) is 44.8 Å². The number of piperidine rings is 1. The lowest BCUT2D eigenvalue weighted by molar-refractivity contribution is -0.136. The normalized spacial score (nSPS) is 15.5. The van der Waals surface area contributed by atoms with Crippen LogP contribution in [0.25, 0.3) is 11.3 Å². The first-order chi connectivity index (χ1) is 16.2. The summed E-state index contributed by atoms with van der Waals surface area (Å²) < 4.78 is 0. The van der Waals surface area contributed by atoms with Crippen molar-refractivity contribution in [1.29, 1.82) is 0 Å². The summed E-state index contributed by atoms with van der Waals surface area (Å²) in [6.45, 7) is 18.0. The van der Waals surface area contributed by atoms with Crippen LogP contribution in [0.15, 0.2) is 24.5 Å². The molecule has 1 aliphatic heterocycles. The van der Waals surface area contributed by atoms with E-state index in [0.717, 1.165) is 67.0 Å². The molecule has 1 saturated heterocycles. The molecule has 0 bridgehead atoms. The zero-order valence-corrected chi connectivity index (χ0v) is 23.0. The number of hydrogen-bond donors (Lipinski definition) is 2. The van der Waals surface area contributed by atoms with Gasteiger partial charge >= 0.3 is 5.97 Å². The molecule has 3 heterocycles. The van der Waals surface area contributed by atoms with E-state index in [1.54, 1.807) is 20.8 Å². The molecule has 1 fully saturated rings. The Morgan fingerprint density at radius 3 is 2.20 bits per heavy atom. The molecule has 35 heavy (non-hydrogen) atoms. The lowest BCUT2D eigenvalue weighted by Gasteiger charge is -2.40. The fraction of sp³-hybridized carbons (Fsp3) is 0.621. The third-order valence-corrected chi connectivity index (χ3v) is 6.24. The van der Waals surface area contributed by atoms with E-state index in [9.17, 15) is 9.90 Å². The Kier molecular flexibility index (Phi) is 9.85. The Bertz CT molecular complexity index is 960. The summed E-state index contributed by atoms with van der Waals surface area (Å²) in [6, 6.07) is 4.20. The molecular formula is C29H45N3O3. The molecule has 0 atom stereocenters. The van der Waals surface area contributed by atoms with Gasteiger partial charge in [-0.1, -0.05) is 33.8 Å². The molecule has 0 spiro atoms. The molecule has 0 aliphatic carbocycles. The number of rotatable bonds is 7. The van der Waals surface area contributed by atoms with E-state index < -0.39 is 11.6 Å². The molecule has 1 aliphatic rings. The lowest BCUT2D eigenvalue weighted by Crippen LogP contribution is -2.38. The highest BCUT2D eigenvalue weighted by Gasteiger charge is 2.29. The topological polar surface area (TPSA) is 86.6 Å². The van der Waals surface area contributed by atoms with Gasteiger partial charge in [0.05, 0.1) is 23.4 Å². The highest BCUT2D eigenvalue weighted by molar-refractivity contribution is 5.83. The van der Waals surface area contributed by atoms with Gasteiger partial charge in [0.25, 0.3) is 0 Å². The molecule has 2 aromatic heterocycles. The molecule has 3 rings (SSSR count). The maximum absolute atomic E-state index is 11.6. The molecule has 194 valence electrons. The van der Waals surface area contributed by atoms with Crippen molar-refractivity contribution in [2.24, 2.45) is 11.3 Å². The van der Waals surface area contributed by atoms with E-state index in [0.29, 0.717) is 11.3 Å². The van der Waals surface area contributed by atoms with Gasteiger partial charge in [-0.2, -0.15) is 0 Å². The fourth-order valence-electron chi connectivity index (χ4n) is 4.07. The Balaban J connectivity index is 0.000000784. The number of aryl methyl sites for hydroxylation is 2. The maximum Gasteiger partial charge on any atom is 0.307 e. The number of hydrogen-bond acceptors (Lipinski definition) is 5. The molecule has 0 amide bonds. The number of anilines is 1. The quantitative estimate of drug-likeness (QED) is 0.497. The van der Waals surface area contributed by atoms with Gasteiger partial charge < -0.3 is 15.1 Å². The fourth-order valence-corrected chi connectivity index (χ4v) is 4.07. The molecular weight excluding hydrogens is 438 g/mol. The van der Waals surface area contributed by atoms with Crippen LogP contribution in [0.5, 0.6) is 0 Å². The molecule has 0 unspecified atom stereocenters. The van der Waals surface area contributed by atoms with Gasteiger partial charge in [-0.25, -0.2) is 0 Å². The predicted molar refractivity (Wildman–Crippen MR) is 144 cm³/mol. The van der Waals surface area contributed by atoms with Crippen molar-refractivity contribution in [3.05, 3.63) is 41.3 Å². The van der Waals surface area contributed by atoms with Crippen molar-refractivity contribution in [3.63, 3.8) is 0 Å². The van der Waals surface area contributed by atoms with Crippen molar-refractivity contribution in [2.45, 2.75) is 93.1 Å². The van der Waals surface area contributed by atoms with E-state index in [-0.39, 0.29) is 6.42 Å². The minimum atomic E-state index is -0.826. The summed E-state index contributed by atoms with van der Waals surface area (Å²) in [4.78, 5) is 23.3. The van der Waals surface area contributed by atoms with Crippen LogP contribution in [0, 0.1) is 18.3 Å². The maximum atomic E-state index is 11.6. The van der Waals surface area contributed by atoms with Gasteiger partial charge in [0.2, 0.25) is 0 Å². The Morgan fingerprint density at radius 1 is 1.11 bits per heavy atom. The van der Waals surface area contributed by atoms with Crippen LogP contribution in [0.3, 0.4) is 0 Å². The Morgan fingerprint density at radius 2 is 1.71 bits per heavy atom. The molecule has 0 radical (unpaired) electrons. The highest BCUT2D eigenvalue weighted by atomic mass is 16.4. The third-order valence-electron chi connectivity index (χ3n) is 6.24. The van der Waals surface area contributed by atoms with Crippen LogP contribution in [0.4, 0.5) is 5.69 Å². The molecule has 6 heteroatoms. The number of carboxylic acids is 1. The molecule has 6 nitrogen and oxygen atoms in total. The van der Waals surface area contributed by atoms with Gasteiger partial charge in [0, 0.05) is 42.3 Å². The molecule has 2 aromatic rings. The van der Waals surface area contributed by atoms with E-state index in [1.165, 1.54) is 5.56 Å². The van der Waals surface area contributed by atoms with Crippen LogP contribution >= 0.6 is 0 Å². The third kappa shape index (κ3) is 9.60. The van der Waals surface area contributed by atoms with Crippen molar-refractivity contribution in [1.82, 2.24) is 9.97 Å². The van der Waals surface area contributed by atoms with Crippen LogP contribution in [0.2, 0.25) is 0 Å². The Hall–Kier alpha value is -2.47. The number of aromatic nitrogens is 2. The molecule has 2 N–H and O–H groups in total. The monoisotopic (exact) mass is 483 g/mol. The van der Waals surface area contributed by atoms with E-state index >= 15 is 0 Å². The number of pyridine rings is 2. The van der Waals surface area contributed by atoms with Crippen LogP contribution in [-0.2, 0) is 17.6 Å². The largest absolute Gasteiger partial charge is 0.481 e. The second-order valence-electron chi connectivity index (χ2n) is 12.0. The summed E-state index contributed by atoms with van der Waals surface area (Å²) in [7, 11) is 0. The zero-order chi connectivity index (χ0) is 26.4. The van der Waals surface area contributed by atoms with Crippen molar-refractivity contribution >= 4 is 11.7 Å². The van der Waals surface area contributed by atoms with Gasteiger partial charge in [-0.3, -0.25) is 14.8 Å². The number of carboxylic acid groups (broad SMARTS) is 1. The van der Waals surface area contributed by atoms with Gasteiger partial charge in [0.1, 0.15) is 0 Å². The zero-order valence-electron chi connectivity index (χ0n) is 23.0. The smallest absolute Gasteiger partial charge is 0.307 e.